The molecule has 0 aromatic heterocycles. The number of aliphatic hydroxyl groups is 1. The monoisotopic (exact) mass is 538 g/mol. The van der Waals surface area contributed by atoms with E-state index < -0.39 is 30.4 Å². The maximum absolute atomic E-state index is 12.6. The standard InChI is InChI=1S/C25H34N2O9S/c1-2-37-11-5-3-4-6-22(30)26-10-9-23(31)27-19-12-17(15-34-16-28)7-8-20(19)35-24-14-18(29)13-21(36-24)25(32)33/h2,7-8,12,16,18,21,24,29H,1,3-6,9-11,13-15H2,(H,26,30)(H,27,31)(H,32,33). The summed E-state index contributed by atoms with van der Waals surface area (Å²) in [6, 6.07) is 4.68. The number of nitrogens with one attached hydrogen (secondary N) is 2. The molecular weight excluding hydrogens is 504 g/mol. The predicted octanol–water partition coefficient (Wildman–Crippen LogP) is 2.57. The molecule has 1 aromatic carbocycles. The number of amides is 2. The second-order valence-corrected chi connectivity index (χ2v) is 9.44. The Kier molecular flexibility index (Phi) is 13.5. The van der Waals surface area contributed by atoms with Gasteiger partial charge < -0.3 is 35.1 Å². The first-order valence-corrected chi connectivity index (χ1v) is 13.1. The van der Waals surface area contributed by atoms with Crippen LogP contribution in [-0.2, 0) is 35.3 Å². The number of benzene rings is 1. The Balaban J connectivity index is 1.91. The van der Waals surface area contributed by atoms with Gasteiger partial charge in [-0.25, -0.2) is 4.79 Å². The lowest BCUT2D eigenvalue weighted by molar-refractivity contribution is -0.195. The summed E-state index contributed by atoms with van der Waals surface area (Å²) in [7, 11) is 0. The summed E-state index contributed by atoms with van der Waals surface area (Å²) in [6.45, 7) is 4.07. The molecule has 0 bridgehead atoms. The number of carboxylic acid groups (broad SMARTS) is 1. The fourth-order valence-electron chi connectivity index (χ4n) is 3.58. The highest BCUT2D eigenvalue weighted by Crippen LogP contribution is 2.30. The maximum atomic E-state index is 12.6. The van der Waals surface area contributed by atoms with E-state index in [9.17, 15) is 29.4 Å². The number of ether oxygens (including phenoxy) is 3. The van der Waals surface area contributed by atoms with Crippen LogP contribution in [0.25, 0.3) is 0 Å². The van der Waals surface area contributed by atoms with Gasteiger partial charge in [-0.2, -0.15) is 0 Å². The lowest BCUT2D eigenvalue weighted by atomic mass is 10.1. The smallest absolute Gasteiger partial charge is 0.333 e. The molecule has 2 amide bonds. The molecule has 0 saturated carbocycles. The molecule has 1 aliphatic heterocycles. The summed E-state index contributed by atoms with van der Waals surface area (Å²) in [4.78, 5) is 46.4. The zero-order valence-corrected chi connectivity index (χ0v) is 21.4. The minimum atomic E-state index is -1.22. The molecule has 0 aliphatic carbocycles. The maximum Gasteiger partial charge on any atom is 0.333 e. The second kappa shape index (κ2) is 16.6. The number of thioether (sulfide) groups is 1. The van der Waals surface area contributed by atoms with E-state index in [4.69, 9.17) is 14.2 Å². The van der Waals surface area contributed by atoms with Gasteiger partial charge in [0.15, 0.2) is 6.10 Å². The molecule has 1 fully saturated rings. The Labute approximate surface area is 219 Å². The number of aliphatic carboxylic acids is 1. The second-order valence-electron chi connectivity index (χ2n) is 8.37. The van der Waals surface area contributed by atoms with Crippen molar-refractivity contribution in [1.82, 2.24) is 5.32 Å². The van der Waals surface area contributed by atoms with Crippen LogP contribution >= 0.6 is 11.8 Å². The normalized spacial score (nSPS) is 18.9. The predicted molar refractivity (Wildman–Crippen MR) is 137 cm³/mol. The molecule has 1 aromatic rings. The van der Waals surface area contributed by atoms with E-state index in [0.29, 0.717) is 18.5 Å². The number of unbranched alkanes of at least 4 members (excludes halogenated alkanes) is 2. The van der Waals surface area contributed by atoms with Gasteiger partial charge in [-0.3, -0.25) is 14.4 Å². The molecule has 204 valence electrons. The number of carboxylic acids is 1. The van der Waals surface area contributed by atoms with Crippen molar-refractivity contribution in [2.45, 2.75) is 70.1 Å². The zero-order chi connectivity index (χ0) is 27.0. The first-order valence-electron chi connectivity index (χ1n) is 12.0. The molecule has 1 aliphatic rings. The highest BCUT2D eigenvalue weighted by atomic mass is 32.2. The Morgan fingerprint density at radius 2 is 1.97 bits per heavy atom. The fourth-order valence-corrected chi connectivity index (χ4v) is 4.12. The van der Waals surface area contributed by atoms with Crippen molar-refractivity contribution in [3.8, 4) is 5.75 Å². The molecule has 3 atom stereocenters. The zero-order valence-electron chi connectivity index (χ0n) is 20.6. The van der Waals surface area contributed by atoms with Crippen molar-refractivity contribution in [2.24, 2.45) is 0 Å². The molecular formula is C25H34N2O9S. The van der Waals surface area contributed by atoms with E-state index in [1.807, 2.05) is 0 Å². The molecule has 1 saturated heterocycles. The van der Waals surface area contributed by atoms with Crippen LogP contribution in [0.5, 0.6) is 5.75 Å². The number of hydrogen-bond acceptors (Lipinski definition) is 9. The van der Waals surface area contributed by atoms with Crippen molar-refractivity contribution in [2.75, 3.05) is 17.6 Å². The van der Waals surface area contributed by atoms with Crippen LogP contribution in [-0.4, -0.2) is 65.3 Å². The third-order valence-electron chi connectivity index (χ3n) is 5.39. The highest BCUT2D eigenvalue weighted by Gasteiger charge is 2.34. The Morgan fingerprint density at radius 3 is 2.70 bits per heavy atom. The van der Waals surface area contributed by atoms with Gasteiger partial charge in [0.1, 0.15) is 12.4 Å². The van der Waals surface area contributed by atoms with Crippen molar-refractivity contribution in [3.05, 3.63) is 35.7 Å². The SMILES string of the molecule is C=CSCCCCCC(=O)NCCC(=O)Nc1cc(COC=O)ccc1OC1CC(O)CC(C(=O)O)O1. The van der Waals surface area contributed by atoms with Gasteiger partial charge in [0.05, 0.1) is 11.8 Å². The van der Waals surface area contributed by atoms with Crippen LogP contribution in [0.1, 0.15) is 50.5 Å². The van der Waals surface area contributed by atoms with E-state index in [1.165, 1.54) is 6.07 Å². The van der Waals surface area contributed by atoms with Crippen LogP contribution in [0.3, 0.4) is 0 Å². The highest BCUT2D eigenvalue weighted by molar-refractivity contribution is 8.02. The summed E-state index contributed by atoms with van der Waals surface area (Å²) >= 11 is 1.65. The van der Waals surface area contributed by atoms with Gasteiger partial charge in [-0.05, 0) is 41.7 Å². The van der Waals surface area contributed by atoms with E-state index in [1.54, 1.807) is 29.3 Å². The molecule has 4 N–H and O–H groups in total. The molecule has 12 heteroatoms. The van der Waals surface area contributed by atoms with Gasteiger partial charge in [-0.1, -0.05) is 19.1 Å². The fraction of sp³-hybridized carbons (Fsp3) is 0.520. The average molecular weight is 539 g/mol. The van der Waals surface area contributed by atoms with Crippen LogP contribution < -0.4 is 15.4 Å². The Hall–Kier alpha value is -3.09. The quantitative estimate of drug-likeness (QED) is 0.171. The van der Waals surface area contributed by atoms with Gasteiger partial charge in [-0.15, -0.1) is 11.8 Å². The van der Waals surface area contributed by atoms with Crippen LogP contribution in [0.4, 0.5) is 5.69 Å². The minimum Gasteiger partial charge on any atom is -0.479 e. The average Bonchev–Trinajstić information content (AvgIpc) is 2.85. The van der Waals surface area contributed by atoms with Crippen molar-refractivity contribution >= 4 is 41.7 Å². The number of anilines is 1. The topological polar surface area (TPSA) is 160 Å². The first-order chi connectivity index (χ1) is 17.8. The van der Waals surface area contributed by atoms with Gasteiger partial charge >= 0.3 is 5.97 Å². The summed E-state index contributed by atoms with van der Waals surface area (Å²) in [5.74, 6) is -0.566. The lowest BCUT2D eigenvalue weighted by Crippen LogP contribution is -2.42. The van der Waals surface area contributed by atoms with Crippen LogP contribution in [0.2, 0.25) is 0 Å². The largest absolute Gasteiger partial charge is 0.479 e. The first kappa shape index (κ1) is 30.1. The molecule has 0 spiro atoms. The minimum absolute atomic E-state index is 0.00987. The van der Waals surface area contributed by atoms with Gasteiger partial charge in [0.2, 0.25) is 18.1 Å². The molecule has 0 radical (unpaired) electrons. The van der Waals surface area contributed by atoms with E-state index in [2.05, 4.69) is 17.2 Å². The van der Waals surface area contributed by atoms with Gasteiger partial charge in [0, 0.05) is 32.2 Å². The number of carbonyl (C=O) groups excluding carboxylic acids is 3. The summed E-state index contributed by atoms with van der Waals surface area (Å²) in [5, 5.41) is 26.4. The third-order valence-corrected chi connectivity index (χ3v) is 6.15. The van der Waals surface area contributed by atoms with Crippen molar-refractivity contribution < 1.29 is 43.6 Å². The van der Waals surface area contributed by atoms with E-state index in [-0.39, 0.29) is 49.8 Å². The number of hydrogen-bond donors (Lipinski definition) is 4. The van der Waals surface area contributed by atoms with Crippen molar-refractivity contribution in [1.29, 1.82) is 0 Å². The Bertz CT molecular complexity index is 927. The third kappa shape index (κ3) is 11.7. The molecule has 3 unspecified atom stereocenters. The molecule has 1 heterocycles. The van der Waals surface area contributed by atoms with Crippen LogP contribution in [0.15, 0.2) is 30.2 Å². The summed E-state index contributed by atoms with van der Waals surface area (Å²) in [6.07, 6.45) is -0.0780. The van der Waals surface area contributed by atoms with E-state index >= 15 is 0 Å². The lowest BCUT2D eigenvalue weighted by Gasteiger charge is -2.31. The molecule has 37 heavy (non-hydrogen) atoms. The molecule has 11 nitrogen and oxygen atoms in total. The number of rotatable bonds is 17. The van der Waals surface area contributed by atoms with E-state index in [0.717, 1.165) is 25.0 Å². The summed E-state index contributed by atoms with van der Waals surface area (Å²) < 4.78 is 15.9. The van der Waals surface area contributed by atoms with Gasteiger partial charge in [0.25, 0.3) is 6.47 Å². The van der Waals surface area contributed by atoms with Crippen LogP contribution in [0, 0.1) is 0 Å². The Morgan fingerprint density at radius 1 is 1.16 bits per heavy atom. The van der Waals surface area contributed by atoms with Crippen molar-refractivity contribution in [3.63, 3.8) is 0 Å². The number of carbonyl (C=O) groups is 4. The molecule has 2 rings (SSSR count). The summed E-state index contributed by atoms with van der Waals surface area (Å²) in [5.41, 5.74) is 0.818. The number of aliphatic hydroxyl groups excluding tert-OH is 1.